The molecule has 0 aromatic carbocycles. The summed E-state index contributed by atoms with van der Waals surface area (Å²) in [6.45, 7) is 7.16. The van der Waals surface area contributed by atoms with E-state index >= 15 is 0 Å². The van der Waals surface area contributed by atoms with Gasteiger partial charge in [0.25, 0.3) is 0 Å². The van der Waals surface area contributed by atoms with Crippen LogP contribution in [0.15, 0.2) is 0 Å². The van der Waals surface area contributed by atoms with Gasteiger partial charge in [-0.1, -0.05) is 40.0 Å². The average molecular weight is 140 g/mol. The van der Waals surface area contributed by atoms with Crippen molar-refractivity contribution in [2.45, 2.75) is 46.5 Å². The fourth-order valence-electron chi connectivity index (χ4n) is 2.34. The van der Waals surface area contributed by atoms with Crippen molar-refractivity contribution in [1.29, 1.82) is 0 Å². The normalized spacial score (nSPS) is 34.8. The average Bonchev–Trinajstić information content (AvgIpc) is 1.88. The maximum Gasteiger partial charge on any atom is -0.0365 e. The minimum absolute atomic E-state index is 0.912. The molecule has 0 saturated heterocycles. The van der Waals surface area contributed by atoms with Crippen LogP contribution in [-0.4, -0.2) is 0 Å². The highest BCUT2D eigenvalue weighted by atomic mass is 14.3. The van der Waals surface area contributed by atoms with Gasteiger partial charge < -0.3 is 0 Å². The molecule has 0 spiro atoms. The smallest absolute Gasteiger partial charge is 0.0365 e. The minimum atomic E-state index is 0.912. The summed E-state index contributed by atoms with van der Waals surface area (Å²) in [5.41, 5.74) is 0. The summed E-state index contributed by atoms with van der Waals surface area (Å²) in [6, 6.07) is 0. The van der Waals surface area contributed by atoms with E-state index in [2.05, 4.69) is 20.8 Å². The maximum atomic E-state index is 2.42. The van der Waals surface area contributed by atoms with Gasteiger partial charge in [-0.2, -0.15) is 0 Å². The summed E-state index contributed by atoms with van der Waals surface area (Å²) >= 11 is 0. The third kappa shape index (κ3) is 1.74. The van der Waals surface area contributed by atoms with Crippen molar-refractivity contribution in [1.82, 2.24) is 0 Å². The molecule has 2 atom stereocenters. The highest BCUT2D eigenvalue weighted by molar-refractivity contribution is 4.74. The lowest BCUT2D eigenvalue weighted by atomic mass is 9.75. The molecule has 0 aromatic heterocycles. The first-order valence-electron chi connectivity index (χ1n) is 4.72. The van der Waals surface area contributed by atoms with Crippen molar-refractivity contribution in [2.24, 2.45) is 17.8 Å². The first-order chi connectivity index (χ1) is 4.72. The highest BCUT2D eigenvalue weighted by Gasteiger charge is 2.23. The number of hydrogen-bond donors (Lipinski definition) is 0. The third-order valence-corrected chi connectivity index (χ3v) is 3.03. The molecule has 1 aliphatic rings. The van der Waals surface area contributed by atoms with Crippen molar-refractivity contribution in [3.8, 4) is 0 Å². The van der Waals surface area contributed by atoms with Crippen molar-refractivity contribution < 1.29 is 0 Å². The molecule has 1 rings (SSSR count). The van der Waals surface area contributed by atoms with Crippen molar-refractivity contribution in [2.75, 3.05) is 0 Å². The Hall–Kier alpha value is 0. The van der Waals surface area contributed by atoms with Crippen LogP contribution >= 0.6 is 0 Å². The zero-order valence-corrected chi connectivity index (χ0v) is 7.56. The summed E-state index contributed by atoms with van der Waals surface area (Å²) in [4.78, 5) is 0. The largest absolute Gasteiger partial charge is 0.0625 e. The third-order valence-electron chi connectivity index (χ3n) is 3.03. The Balaban J connectivity index is 2.40. The Labute approximate surface area is 65.0 Å². The van der Waals surface area contributed by atoms with E-state index < -0.39 is 0 Å². The SMILES string of the molecule is CC(C)[C@H]1CCCC[C@@H]1C. The molecule has 1 saturated carbocycles. The second-order valence-corrected chi connectivity index (χ2v) is 4.17. The molecule has 0 bridgehead atoms. The Morgan fingerprint density at radius 1 is 1.10 bits per heavy atom. The van der Waals surface area contributed by atoms with Gasteiger partial charge in [-0.3, -0.25) is 0 Å². The lowest BCUT2D eigenvalue weighted by Crippen LogP contribution is -2.21. The molecule has 0 amide bonds. The van der Waals surface area contributed by atoms with E-state index in [4.69, 9.17) is 0 Å². The van der Waals surface area contributed by atoms with Crippen LogP contribution in [0.2, 0.25) is 0 Å². The van der Waals surface area contributed by atoms with Crippen molar-refractivity contribution >= 4 is 0 Å². The van der Waals surface area contributed by atoms with Gasteiger partial charge in [-0.25, -0.2) is 0 Å². The molecule has 0 nitrogen and oxygen atoms in total. The zero-order valence-electron chi connectivity index (χ0n) is 7.56. The van der Waals surface area contributed by atoms with Crippen molar-refractivity contribution in [3.63, 3.8) is 0 Å². The lowest BCUT2D eigenvalue weighted by Gasteiger charge is -2.31. The molecular weight excluding hydrogens is 120 g/mol. The Morgan fingerprint density at radius 2 is 1.70 bits per heavy atom. The summed E-state index contributed by atoms with van der Waals surface area (Å²) in [5.74, 6) is 2.93. The first kappa shape index (κ1) is 8.10. The standard InChI is InChI=1S/C10H20/c1-8(2)10-7-5-4-6-9(10)3/h8-10H,4-7H2,1-3H3/t9-,10+/m0/s1. The predicted molar refractivity (Wildman–Crippen MR) is 46.0 cm³/mol. The second kappa shape index (κ2) is 3.41. The van der Waals surface area contributed by atoms with Gasteiger partial charge in [0.15, 0.2) is 0 Å². The van der Waals surface area contributed by atoms with Crippen LogP contribution in [0.5, 0.6) is 0 Å². The Kier molecular flexibility index (Phi) is 2.76. The van der Waals surface area contributed by atoms with Crippen LogP contribution in [0.4, 0.5) is 0 Å². The monoisotopic (exact) mass is 140 g/mol. The van der Waals surface area contributed by atoms with Gasteiger partial charge in [-0.15, -0.1) is 0 Å². The van der Waals surface area contributed by atoms with Crippen LogP contribution in [-0.2, 0) is 0 Å². The van der Waals surface area contributed by atoms with E-state index in [0.717, 1.165) is 17.8 Å². The van der Waals surface area contributed by atoms with Gasteiger partial charge in [0.2, 0.25) is 0 Å². The molecule has 0 heteroatoms. The summed E-state index contributed by atoms with van der Waals surface area (Å²) < 4.78 is 0. The number of rotatable bonds is 1. The quantitative estimate of drug-likeness (QED) is 0.523. The second-order valence-electron chi connectivity index (χ2n) is 4.17. The molecule has 10 heavy (non-hydrogen) atoms. The maximum absolute atomic E-state index is 2.42. The Bertz CT molecular complexity index is 94.2. The highest BCUT2D eigenvalue weighted by Crippen LogP contribution is 2.34. The predicted octanol–water partition coefficient (Wildman–Crippen LogP) is 3.47. The molecule has 0 radical (unpaired) electrons. The van der Waals surface area contributed by atoms with Crippen LogP contribution in [0.1, 0.15) is 46.5 Å². The van der Waals surface area contributed by atoms with Crippen molar-refractivity contribution in [3.05, 3.63) is 0 Å². The molecule has 60 valence electrons. The fourth-order valence-corrected chi connectivity index (χ4v) is 2.34. The molecule has 0 aliphatic heterocycles. The molecule has 1 aliphatic carbocycles. The first-order valence-corrected chi connectivity index (χ1v) is 4.72. The minimum Gasteiger partial charge on any atom is -0.0625 e. The van der Waals surface area contributed by atoms with Gasteiger partial charge in [0, 0.05) is 0 Å². The molecule has 0 heterocycles. The molecule has 0 unspecified atom stereocenters. The van der Waals surface area contributed by atoms with Crippen LogP contribution < -0.4 is 0 Å². The number of hydrogen-bond acceptors (Lipinski definition) is 0. The fraction of sp³-hybridized carbons (Fsp3) is 1.00. The summed E-state index contributed by atoms with van der Waals surface area (Å²) in [5, 5.41) is 0. The molecule has 1 fully saturated rings. The van der Waals surface area contributed by atoms with Gasteiger partial charge in [0.1, 0.15) is 0 Å². The summed E-state index contributed by atoms with van der Waals surface area (Å²) in [7, 11) is 0. The van der Waals surface area contributed by atoms with E-state index in [9.17, 15) is 0 Å². The molecule has 0 N–H and O–H groups in total. The van der Waals surface area contributed by atoms with Gasteiger partial charge in [-0.05, 0) is 24.2 Å². The van der Waals surface area contributed by atoms with E-state index in [1.807, 2.05) is 0 Å². The van der Waals surface area contributed by atoms with Crippen LogP contribution in [0, 0.1) is 17.8 Å². The van der Waals surface area contributed by atoms with E-state index in [1.54, 1.807) is 0 Å². The lowest BCUT2D eigenvalue weighted by molar-refractivity contribution is 0.196. The van der Waals surface area contributed by atoms with E-state index in [-0.39, 0.29) is 0 Å². The van der Waals surface area contributed by atoms with Gasteiger partial charge >= 0.3 is 0 Å². The van der Waals surface area contributed by atoms with E-state index in [0.29, 0.717) is 0 Å². The Morgan fingerprint density at radius 3 is 2.10 bits per heavy atom. The zero-order chi connectivity index (χ0) is 7.56. The summed E-state index contributed by atoms with van der Waals surface area (Å²) in [6.07, 6.45) is 5.92. The van der Waals surface area contributed by atoms with Crippen LogP contribution in [0.3, 0.4) is 0 Å². The van der Waals surface area contributed by atoms with E-state index in [1.165, 1.54) is 25.7 Å². The van der Waals surface area contributed by atoms with Gasteiger partial charge in [0.05, 0.1) is 0 Å². The van der Waals surface area contributed by atoms with Crippen LogP contribution in [0.25, 0.3) is 0 Å². The molecule has 0 aromatic rings. The topological polar surface area (TPSA) is 0 Å². The molecular formula is C10H20.